The van der Waals surface area contributed by atoms with E-state index in [2.05, 4.69) is 15.5 Å². The van der Waals surface area contributed by atoms with Crippen molar-refractivity contribution < 1.29 is 4.74 Å². The Kier molecular flexibility index (Phi) is 4.11. The third-order valence-corrected chi connectivity index (χ3v) is 3.31. The Morgan fingerprint density at radius 1 is 1.05 bits per heavy atom. The van der Waals surface area contributed by atoms with Gasteiger partial charge in [0.2, 0.25) is 0 Å². The van der Waals surface area contributed by atoms with E-state index >= 15 is 0 Å². The number of rotatable bonds is 5. The van der Waals surface area contributed by atoms with Crippen LogP contribution in [0.15, 0.2) is 48.5 Å². The van der Waals surface area contributed by atoms with E-state index in [9.17, 15) is 0 Å². The molecule has 0 aliphatic heterocycles. The van der Waals surface area contributed by atoms with Crippen molar-refractivity contribution in [2.45, 2.75) is 13.5 Å². The summed E-state index contributed by atoms with van der Waals surface area (Å²) >= 11 is 0. The van der Waals surface area contributed by atoms with Gasteiger partial charge in [0.15, 0.2) is 5.82 Å². The summed E-state index contributed by atoms with van der Waals surface area (Å²) in [5.41, 5.74) is 8.52. The molecular weight excluding hydrogens is 278 g/mol. The highest BCUT2D eigenvalue weighted by atomic mass is 16.5. The normalized spacial score (nSPS) is 10.6. The molecule has 0 aliphatic rings. The number of hydrogen-bond acceptors (Lipinski definition) is 5. The summed E-state index contributed by atoms with van der Waals surface area (Å²) in [5.74, 6) is 1.51. The topological polar surface area (TPSA) is 78.8 Å². The molecule has 2 N–H and O–H groups in total. The summed E-state index contributed by atoms with van der Waals surface area (Å²) in [4.78, 5) is 0. The molecule has 0 aliphatic carbocycles. The van der Waals surface area contributed by atoms with Crippen molar-refractivity contribution in [2.75, 3.05) is 6.61 Å². The lowest BCUT2D eigenvalue weighted by Crippen LogP contribution is -2.01. The Morgan fingerprint density at radius 3 is 2.41 bits per heavy atom. The first-order valence-electron chi connectivity index (χ1n) is 7.13. The monoisotopic (exact) mass is 295 g/mol. The van der Waals surface area contributed by atoms with E-state index in [0.717, 1.165) is 22.6 Å². The van der Waals surface area contributed by atoms with Crippen molar-refractivity contribution in [2.24, 2.45) is 5.73 Å². The van der Waals surface area contributed by atoms with Crippen molar-refractivity contribution in [1.82, 2.24) is 20.2 Å². The van der Waals surface area contributed by atoms with Gasteiger partial charge in [0.25, 0.3) is 0 Å². The van der Waals surface area contributed by atoms with Gasteiger partial charge in [-0.05, 0) is 47.2 Å². The van der Waals surface area contributed by atoms with Crippen molar-refractivity contribution in [3.05, 3.63) is 54.1 Å². The summed E-state index contributed by atoms with van der Waals surface area (Å²) in [6, 6.07) is 15.6. The highest BCUT2D eigenvalue weighted by Crippen LogP contribution is 2.21. The molecule has 1 heterocycles. The smallest absolute Gasteiger partial charge is 0.187 e. The maximum absolute atomic E-state index is 5.62. The average molecular weight is 295 g/mol. The summed E-state index contributed by atoms with van der Waals surface area (Å²) in [5, 5.41) is 12.0. The maximum Gasteiger partial charge on any atom is 0.187 e. The highest BCUT2D eigenvalue weighted by Gasteiger charge is 2.10. The molecule has 0 amide bonds. The number of hydrogen-bond donors (Lipinski definition) is 1. The first-order valence-corrected chi connectivity index (χ1v) is 7.13. The van der Waals surface area contributed by atoms with Gasteiger partial charge in [0.1, 0.15) is 5.75 Å². The van der Waals surface area contributed by atoms with Gasteiger partial charge in [0.05, 0.1) is 12.3 Å². The molecule has 6 nitrogen and oxygen atoms in total. The summed E-state index contributed by atoms with van der Waals surface area (Å²) in [6.07, 6.45) is 0. The second-order valence-electron chi connectivity index (χ2n) is 4.74. The van der Waals surface area contributed by atoms with Crippen LogP contribution in [0.25, 0.3) is 17.1 Å². The minimum atomic E-state index is 0.518. The Bertz CT molecular complexity index is 734. The van der Waals surface area contributed by atoms with Gasteiger partial charge in [-0.3, -0.25) is 0 Å². The predicted molar refractivity (Wildman–Crippen MR) is 83.7 cm³/mol. The van der Waals surface area contributed by atoms with Crippen molar-refractivity contribution in [1.29, 1.82) is 0 Å². The van der Waals surface area contributed by atoms with E-state index in [1.807, 2.05) is 55.5 Å². The van der Waals surface area contributed by atoms with Crippen molar-refractivity contribution in [3.8, 4) is 22.8 Å². The average Bonchev–Trinajstić information content (AvgIpc) is 3.05. The third-order valence-electron chi connectivity index (χ3n) is 3.31. The zero-order valence-electron chi connectivity index (χ0n) is 12.3. The number of ether oxygens (including phenoxy) is 1. The van der Waals surface area contributed by atoms with E-state index in [-0.39, 0.29) is 0 Å². The molecule has 1 aromatic heterocycles. The van der Waals surface area contributed by atoms with Gasteiger partial charge in [-0.25, -0.2) is 0 Å². The SMILES string of the molecule is CCOc1ccc(-n2nnnc2-c2ccc(CN)cc2)cc1. The highest BCUT2D eigenvalue weighted by molar-refractivity contribution is 5.57. The van der Waals surface area contributed by atoms with Crippen LogP contribution in [0.3, 0.4) is 0 Å². The first kappa shape index (κ1) is 14.2. The van der Waals surface area contributed by atoms with E-state index < -0.39 is 0 Å². The second kappa shape index (κ2) is 6.36. The van der Waals surface area contributed by atoms with Crippen LogP contribution in [-0.2, 0) is 6.54 Å². The van der Waals surface area contributed by atoms with Gasteiger partial charge in [-0.1, -0.05) is 24.3 Å². The fourth-order valence-electron chi connectivity index (χ4n) is 2.18. The lowest BCUT2D eigenvalue weighted by molar-refractivity contribution is 0.340. The predicted octanol–water partition coefficient (Wildman–Crippen LogP) is 2.19. The fraction of sp³-hybridized carbons (Fsp3) is 0.188. The molecule has 3 rings (SSSR count). The molecule has 0 saturated heterocycles. The van der Waals surface area contributed by atoms with Crippen LogP contribution in [0.1, 0.15) is 12.5 Å². The summed E-state index contributed by atoms with van der Waals surface area (Å²) in [6.45, 7) is 3.12. The molecule has 22 heavy (non-hydrogen) atoms. The molecule has 0 unspecified atom stereocenters. The molecule has 0 saturated carbocycles. The van der Waals surface area contributed by atoms with Crippen LogP contribution in [-0.4, -0.2) is 26.8 Å². The van der Waals surface area contributed by atoms with Gasteiger partial charge in [0, 0.05) is 12.1 Å². The third kappa shape index (κ3) is 2.82. The molecule has 0 atom stereocenters. The van der Waals surface area contributed by atoms with Gasteiger partial charge >= 0.3 is 0 Å². The number of benzene rings is 2. The Labute approximate surface area is 128 Å². The minimum absolute atomic E-state index is 0.518. The lowest BCUT2D eigenvalue weighted by Gasteiger charge is -2.07. The van der Waals surface area contributed by atoms with Gasteiger partial charge in [-0.2, -0.15) is 4.68 Å². The van der Waals surface area contributed by atoms with Crippen LogP contribution in [0, 0.1) is 0 Å². The lowest BCUT2D eigenvalue weighted by atomic mass is 10.1. The quantitative estimate of drug-likeness (QED) is 0.780. The van der Waals surface area contributed by atoms with E-state index in [1.54, 1.807) is 4.68 Å². The van der Waals surface area contributed by atoms with Crippen LogP contribution in [0.2, 0.25) is 0 Å². The Morgan fingerprint density at radius 2 is 1.77 bits per heavy atom. The summed E-state index contributed by atoms with van der Waals surface area (Å²) in [7, 11) is 0. The van der Waals surface area contributed by atoms with Crippen LogP contribution < -0.4 is 10.5 Å². The zero-order valence-corrected chi connectivity index (χ0v) is 12.3. The molecule has 2 aromatic carbocycles. The molecular formula is C16H17N5O. The maximum atomic E-state index is 5.62. The van der Waals surface area contributed by atoms with E-state index in [0.29, 0.717) is 19.0 Å². The molecule has 0 spiro atoms. The number of nitrogens with zero attached hydrogens (tertiary/aromatic N) is 4. The van der Waals surface area contributed by atoms with Gasteiger partial charge < -0.3 is 10.5 Å². The van der Waals surface area contributed by atoms with E-state index in [4.69, 9.17) is 10.5 Å². The Hall–Kier alpha value is -2.73. The molecule has 112 valence electrons. The van der Waals surface area contributed by atoms with Crippen LogP contribution >= 0.6 is 0 Å². The number of aromatic nitrogens is 4. The van der Waals surface area contributed by atoms with Crippen molar-refractivity contribution >= 4 is 0 Å². The Balaban J connectivity index is 1.93. The van der Waals surface area contributed by atoms with Crippen LogP contribution in [0.5, 0.6) is 5.75 Å². The molecule has 3 aromatic rings. The fourth-order valence-corrected chi connectivity index (χ4v) is 2.18. The summed E-state index contributed by atoms with van der Waals surface area (Å²) < 4.78 is 7.15. The van der Waals surface area contributed by atoms with Gasteiger partial charge in [-0.15, -0.1) is 5.10 Å². The molecule has 0 radical (unpaired) electrons. The standard InChI is InChI=1S/C16H17N5O/c1-2-22-15-9-7-14(8-10-15)21-16(18-19-20-21)13-5-3-12(11-17)4-6-13/h3-10H,2,11,17H2,1H3. The number of tetrazole rings is 1. The first-order chi connectivity index (χ1) is 10.8. The minimum Gasteiger partial charge on any atom is -0.494 e. The largest absolute Gasteiger partial charge is 0.494 e. The van der Waals surface area contributed by atoms with Crippen molar-refractivity contribution in [3.63, 3.8) is 0 Å². The molecule has 6 heteroatoms. The van der Waals surface area contributed by atoms with Crippen LogP contribution in [0.4, 0.5) is 0 Å². The van der Waals surface area contributed by atoms with E-state index in [1.165, 1.54) is 0 Å². The zero-order chi connectivity index (χ0) is 15.4. The molecule has 0 fully saturated rings. The second-order valence-corrected chi connectivity index (χ2v) is 4.74. The number of nitrogens with two attached hydrogens (primary N) is 1. The molecule has 0 bridgehead atoms.